The van der Waals surface area contributed by atoms with Crippen molar-refractivity contribution in [2.24, 2.45) is 0 Å². The molecule has 1 aliphatic rings. The lowest BCUT2D eigenvalue weighted by molar-refractivity contribution is -0.140. The van der Waals surface area contributed by atoms with Gasteiger partial charge in [0.25, 0.3) is 0 Å². The van der Waals surface area contributed by atoms with Gasteiger partial charge in [0.15, 0.2) is 5.16 Å². The van der Waals surface area contributed by atoms with E-state index >= 15 is 0 Å². The third-order valence-electron chi connectivity index (χ3n) is 4.52. The molecule has 0 aliphatic carbocycles. The molecule has 1 amide bonds. The summed E-state index contributed by atoms with van der Waals surface area (Å²) in [6, 6.07) is 8.33. The van der Waals surface area contributed by atoms with Crippen LogP contribution in [-0.2, 0) is 22.7 Å². The first kappa shape index (κ1) is 19.9. The molecule has 0 bridgehead atoms. The van der Waals surface area contributed by atoms with Gasteiger partial charge in [-0.2, -0.15) is 0 Å². The van der Waals surface area contributed by atoms with Gasteiger partial charge in [0.1, 0.15) is 0 Å². The van der Waals surface area contributed by atoms with Gasteiger partial charge >= 0.3 is 0 Å². The second kappa shape index (κ2) is 8.91. The van der Waals surface area contributed by atoms with Crippen molar-refractivity contribution in [3.8, 4) is 0 Å². The van der Waals surface area contributed by atoms with E-state index in [-0.39, 0.29) is 24.7 Å². The molecule has 2 heterocycles. The van der Waals surface area contributed by atoms with Crippen LogP contribution in [0.25, 0.3) is 0 Å². The fourth-order valence-electron chi connectivity index (χ4n) is 3.24. The highest BCUT2D eigenvalue weighted by Gasteiger charge is 2.26. The lowest BCUT2D eigenvalue weighted by Gasteiger charge is -2.35. The van der Waals surface area contributed by atoms with E-state index in [1.807, 2.05) is 29.5 Å². The Morgan fingerprint density at radius 1 is 1.26 bits per heavy atom. The molecule has 27 heavy (non-hydrogen) atoms. The number of rotatable bonds is 6. The first-order chi connectivity index (χ1) is 12.9. The summed E-state index contributed by atoms with van der Waals surface area (Å²) < 4.78 is 7.69. The zero-order chi connectivity index (χ0) is 19.4. The molecule has 1 saturated heterocycles. The fourth-order valence-corrected chi connectivity index (χ4v) is 4.15. The monoisotopic (exact) mass is 389 g/mol. The number of thioether (sulfide) groups is 1. The fraction of sp³-hybridized carbons (Fsp3) is 0.500. The minimum Gasteiger partial charge on any atom is -0.390 e. The molecule has 0 saturated carbocycles. The molecule has 0 unspecified atom stereocenters. The molecule has 2 atom stereocenters. The van der Waals surface area contributed by atoms with Gasteiger partial charge in [0.2, 0.25) is 5.91 Å². The van der Waals surface area contributed by atoms with Gasteiger partial charge in [-0.25, -0.2) is 4.98 Å². The molecule has 1 aromatic heterocycles. The van der Waals surface area contributed by atoms with Crippen LogP contribution in [0.4, 0.5) is 0 Å². The summed E-state index contributed by atoms with van der Waals surface area (Å²) in [6.07, 6.45) is 1.98. The number of ether oxygens (including phenoxy) is 1. The Labute approximate surface area is 164 Å². The molecular weight excluding hydrogens is 362 g/mol. The lowest BCUT2D eigenvalue weighted by Crippen LogP contribution is -2.48. The van der Waals surface area contributed by atoms with E-state index in [9.17, 15) is 9.90 Å². The number of imidazole rings is 1. The Morgan fingerprint density at radius 2 is 1.93 bits per heavy atom. The third-order valence-corrected chi connectivity index (χ3v) is 5.50. The average Bonchev–Trinajstić information content (AvgIpc) is 3.02. The predicted octanol–water partition coefficient (Wildman–Crippen LogP) is 2.46. The molecule has 0 radical (unpaired) electrons. The van der Waals surface area contributed by atoms with Crippen LogP contribution in [0.1, 0.15) is 30.7 Å². The van der Waals surface area contributed by atoms with E-state index in [0.717, 1.165) is 10.7 Å². The highest BCUT2D eigenvalue weighted by atomic mass is 32.2. The minimum absolute atomic E-state index is 0.0622. The zero-order valence-corrected chi connectivity index (χ0v) is 16.9. The number of carbonyl (C=O) groups is 1. The second-order valence-corrected chi connectivity index (χ2v) is 8.07. The Kier molecular flexibility index (Phi) is 6.57. The van der Waals surface area contributed by atoms with Crippen LogP contribution in [0.5, 0.6) is 0 Å². The molecule has 2 aromatic rings. The van der Waals surface area contributed by atoms with E-state index in [2.05, 4.69) is 36.2 Å². The van der Waals surface area contributed by atoms with Crippen LogP contribution < -0.4 is 0 Å². The van der Waals surface area contributed by atoms with E-state index in [1.165, 1.54) is 17.3 Å². The topological polar surface area (TPSA) is 67.6 Å². The maximum absolute atomic E-state index is 12.6. The Balaban J connectivity index is 1.66. The van der Waals surface area contributed by atoms with Gasteiger partial charge in [-0.1, -0.05) is 41.6 Å². The first-order valence-electron chi connectivity index (χ1n) is 9.23. The van der Waals surface area contributed by atoms with Crippen molar-refractivity contribution in [2.75, 3.05) is 18.8 Å². The summed E-state index contributed by atoms with van der Waals surface area (Å²) in [7, 11) is 0. The number of aliphatic hydroxyl groups is 1. The molecule has 0 spiro atoms. The maximum Gasteiger partial charge on any atom is 0.233 e. The summed E-state index contributed by atoms with van der Waals surface area (Å²) in [5, 5.41) is 10.2. The zero-order valence-electron chi connectivity index (χ0n) is 16.1. The van der Waals surface area contributed by atoms with Gasteiger partial charge in [-0.15, -0.1) is 0 Å². The van der Waals surface area contributed by atoms with Crippen molar-refractivity contribution in [3.63, 3.8) is 0 Å². The van der Waals surface area contributed by atoms with Gasteiger partial charge in [0, 0.05) is 25.8 Å². The highest BCUT2D eigenvalue weighted by molar-refractivity contribution is 7.99. The van der Waals surface area contributed by atoms with Gasteiger partial charge in [0.05, 0.1) is 30.3 Å². The number of carbonyl (C=O) groups excluding carboxylic acids is 1. The van der Waals surface area contributed by atoms with Crippen molar-refractivity contribution < 1.29 is 14.6 Å². The summed E-state index contributed by atoms with van der Waals surface area (Å²) in [5.41, 5.74) is 2.99. The van der Waals surface area contributed by atoms with E-state index in [0.29, 0.717) is 31.1 Å². The van der Waals surface area contributed by atoms with E-state index < -0.39 is 0 Å². The number of amides is 1. The van der Waals surface area contributed by atoms with Crippen LogP contribution in [-0.4, -0.2) is 56.5 Å². The van der Waals surface area contributed by atoms with Crippen LogP contribution in [0.2, 0.25) is 0 Å². The number of morpholine rings is 1. The molecular formula is C20H27N3O3S. The average molecular weight is 390 g/mol. The Morgan fingerprint density at radius 3 is 2.56 bits per heavy atom. The first-order valence-corrected chi connectivity index (χ1v) is 10.2. The molecule has 1 aromatic carbocycles. The van der Waals surface area contributed by atoms with Gasteiger partial charge < -0.3 is 19.3 Å². The number of nitrogens with zero attached hydrogens (tertiary/aromatic N) is 3. The van der Waals surface area contributed by atoms with Crippen LogP contribution >= 0.6 is 11.8 Å². The normalized spacial score (nSPS) is 20.1. The molecule has 6 nitrogen and oxygen atoms in total. The number of hydrogen-bond donors (Lipinski definition) is 1. The lowest BCUT2D eigenvalue weighted by atomic mass is 10.1. The molecule has 3 rings (SSSR count). The van der Waals surface area contributed by atoms with E-state index in [4.69, 9.17) is 4.74 Å². The van der Waals surface area contributed by atoms with Crippen LogP contribution in [0, 0.1) is 6.92 Å². The second-order valence-electron chi connectivity index (χ2n) is 7.13. The van der Waals surface area contributed by atoms with Crippen LogP contribution in [0.15, 0.2) is 35.6 Å². The Bertz CT molecular complexity index is 765. The third kappa shape index (κ3) is 5.34. The standard InChI is InChI=1S/C20H27N3O3S/c1-14-4-6-17(7-5-14)10-23-11-18(12-24)21-20(23)27-13-19(25)22-8-15(2)26-16(3)9-22/h4-7,11,15-16,24H,8-10,12-13H2,1-3H3/t15-,16+. The summed E-state index contributed by atoms with van der Waals surface area (Å²) >= 11 is 1.42. The van der Waals surface area contributed by atoms with Gasteiger partial charge in [-0.05, 0) is 26.3 Å². The van der Waals surface area contributed by atoms with E-state index in [1.54, 1.807) is 0 Å². The number of aliphatic hydroxyl groups excluding tert-OH is 1. The molecule has 1 fully saturated rings. The number of aromatic nitrogens is 2. The summed E-state index contributed by atoms with van der Waals surface area (Å²) in [5.74, 6) is 0.423. The Hall–Kier alpha value is -1.83. The molecule has 1 N–H and O–H groups in total. The molecule has 7 heteroatoms. The maximum atomic E-state index is 12.6. The SMILES string of the molecule is Cc1ccc(Cn2cc(CO)nc2SCC(=O)N2C[C@@H](C)O[C@@H](C)C2)cc1. The van der Waals surface area contributed by atoms with Gasteiger partial charge in [-0.3, -0.25) is 4.79 Å². The summed E-state index contributed by atoms with van der Waals surface area (Å²) in [6.45, 7) is 7.85. The van der Waals surface area contributed by atoms with Crippen LogP contribution in [0.3, 0.4) is 0 Å². The quantitative estimate of drug-likeness (QED) is 0.769. The van der Waals surface area contributed by atoms with Crippen molar-refractivity contribution in [1.82, 2.24) is 14.5 Å². The largest absolute Gasteiger partial charge is 0.390 e. The number of hydrogen-bond acceptors (Lipinski definition) is 5. The number of benzene rings is 1. The summed E-state index contributed by atoms with van der Waals surface area (Å²) in [4.78, 5) is 18.9. The minimum atomic E-state index is -0.110. The van der Waals surface area contributed by atoms with Crippen molar-refractivity contribution in [3.05, 3.63) is 47.3 Å². The van der Waals surface area contributed by atoms with Crippen molar-refractivity contribution in [1.29, 1.82) is 0 Å². The molecule has 146 valence electrons. The smallest absolute Gasteiger partial charge is 0.233 e. The highest BCUT2D eigenvalue weighted by Crippen LogP contribution is 2.21. The molecule has 1 aliphatic heterocycles. The number of aryl methyl sites for hydroxylation is 1. The predicted molar refractivity (Wildman–Crippen MR) is 106 cm³/mol. The van der Waals surface area contributed by atoms with Crippen molar-refractivity contribution >= 4 is 17.7 Å². The van der Waals surface area contributed by atoms with Crippen molar-refractivity contribution in [2.45, 2.75) is 51.3 Å².